The van der Waals surface area contributed by atoms with Crippen LogP contribution in [0.5, 0.6) is 0 Å². The molecule has 0 aromatic heterocycles. The van der Waals surface area contributed by atoms with Crippen LogP contribution in [0.15, 0.2) is 0 Å². The zero-order valence-electron chi connectivity index (χ0n) is 5.80. The van der Waals surface area contributed by atoms with Gasteiger partial charge < -0.3 is 0 Å². The van der Waals surface area contributed by atoms with Gasteiger partial charge in [-0.2, -0.15) is 0 Å². The fraction of sp³-hybridized carbons (Fsp3) is 0.800. The number of rotatable bonds is 2. The second-order valence-electron chi connectivity index (χ2n) is 2.07. The van der Waals surface area contributed by atoms with E-state index in [1.54, 1.807) is 0 Å². The van der Waals surface area contributed by atoms with Crippen LogP contribution in [0.1, 0.15) is 0 Å². The standard InChI is InChI=1S/C5H12OP2/c1-7(2)5(6)8(3)4/h1-4H3. The molecule has 0 saturated carbocycles. The first-order valence-corrected chi connectivity index (χ1v) is 6.91. The van der Waals surface area contributed by atoms with E-state index in [-0.39, 0.29) is 15.8 Å². The van der Waals surface area contributed by atoms with Gasteiger partial charge in [0.2, 0.25) is 0 Å². The third-order valence-electron chi connectivity index (χ3n) is 0.765. The summed E-state index contributed by atoms with van der Waals surface area (Å²) in [5.41, 5.74) is 0. The van der Waals surface area contributed by atoms with Crippen molar-refractivity contribution in [3.05, 3.63) is 0 Å². The van der Waals surface area contributed by atoms with E-state index in [1.165, 1.54) is 0 Å². The molecule has 0 saturated heterocycles. The van der Waals surface area contributed by atoms with Crippen LogP contribution in [0.4, 0.5) is 4.79 Å². The Morgan fingerprint density at radius 3 is 1.25 bits per heavy atom. The molecule has 0 aromatic carbocycles. The molecule has 0 aliphatic rings. The summed E-state index contributed by atoms with van der Waals surface area (Å²) in [5.74, 6) is 0. The molecule has 0 heterocycles. The Morgan fingerprint density at radius 1 is 1.00 bits per heavy atom. The quantitative estimate of drug-likeness (QED) is 0.553. The predicted octanol–water partition coefficient (Wildman–Crippen LogP) is 2.59. The first-order valence-electron chi connectivity index (χ1n) is 2.44. The largest absolute Gasteiger partial charge is 0.290 e. The van der Waals surface area contributed by atoms with Gasteiger partial charge in [0.25, 0.3) is 0 Å². The Labute approximate surface area is 53.4 Å². The van der Waals surface area contributed by atoms with Gasteiger partial charge in [0.1, 0.15) is 0 Å². The zero-order valence-corrected chi connectivity index (χ0v) is 7.59. The monoisotopic (exact) mass is 150 g/mol. The van der Waals surface area contributed by atoms with Crippen molar-refractivity contribution in [3.8, 4) is 0 Å². The van der Waals surface area contributed by atoms with E-state index in [9.17, 15) is 4.79 Å². The third kappa shape index (κ3) is 2.74. The normalized spacial score (nSPS) is 10.8. The summed E-state index contributed by atoms with van der Waals surface area (Å²) in [6, 6.07) is 0. The number of carbonyl (C=O) groups excluding carboxylic acids is 1. The van der Waals surface area contributed by atoms with Crippen molar-refractivity contribution in [2.75, 3.05) is 26.7 Å². The third-order valence-corrected chi connectivity index (χ3v) is 4.70. The molecule has 0 unspecified atom stereocenters. The molecule has 0 atom stereocenters. The lowest BCUT2D eigenvalue weighted by Gasteiger charge is -2.05. The maximum absolute atomic E-state index is 10.9. The van der Waals surface area contributed by atoms with E-state index in [2.05, 4.69) is 0 Å². The number of hydrogen-bond acceptors (Lipinski definition) is 1. The molecular formula is C5H12OP2. The maximum Gasteiger partial charge on any atom is 0.174 e. The second-order valence-corrected chi connectivity index (χ2v) is 6.81. The molecule has 0 rings (SSSR count). The molecule has 8 heavy (non-hydrogen) atoms. The van der Waals surface area contributed by atoms with E-state index < -0.39 is 0 Å². The van der Waals surface area contributed by atoms with Gasteiger partial charge >= 0.3 is 0 Å². The average molecular weight is 150 g/mol. The van der Waals surface area contributed by atoms with Gasteiger partial charge in [0, 0.05) is 0 Å². The predicted molar refractivity (Wildman–Crippen MR) is 42.9 cm³/mol. The van der Waals surface area contributed by atoms with Crippen LogP contribution >= 0.6 is 15.8 Å². The van der Waals surface area contributed by atoms with Crippen LogP contribution in [0.3, 0.4) is 0 Å². The minimum Gasteiger partial charge on any atom is -0.290 e. The summed E-state index contributed by atoms with van der Waals surface area (Å²) in [7, 11) is -0.622. The minimum atomic E-state index is -0.311. The van der Waals surface area contributed by atoms with Crippen LogP contribution in [-0.2, 0) is 0 Å². The fourth-order valence-electron chi connectivity index (χ4n) is 0.400. The Hall–Kier alpha value is 0.530. The first kappa shape index (κ1) is 8.53. The molecule has 0 N–H and O–H groups in total. The van der Waals surface area contributed by atoms with E-state index in [0.29, 0.717) is 5.27 Å². The van der Waals surface area contributed by atoms with Gasteiger partial charge in [0.15, 0.2) is 5.27 Å². The first-order chi connectivity index (χ1) is 3.55. The van der Waals surface area contributed by atoms with E-state index in [0.717, 1.165) is 0 Å². The lowest BCUT2D eigenvalue weighted by atomic mass is 11.7. The Kier molecular flexibility index (Phi) is 3.77. The molecule has 0 aromatic rings. The van der Waals surface area contributed by atoms with Crippen molar-refractivity contribution in [3.63, 3.8) is 0 Å². The summed E-state index contributed by atoms with van der Waals surface area (Å²) < 4.78 is 0. The van der Waals surface area contributed by atoms with Crippen molar-refractivity contribution >= 4 is 21.1 Å². The molecule has 0 spiro atoms. The molecule has 0 aliphatic carbocycles. The summed E-state index contributed by atoms with van der Waals surface area (Å²) in [5, 5.41) is 0.481. The van der Waals surface area contributed by atoms with Crippen LogP contribution < -0.4 is 0 Å². The SMILES string of the molecule is CP(C)C(=O)P(C)C. The summed E-state index contributed by atoms with van der Waals surface area (Å²) >= 11 is 0. The van der Waals surface area contributed by atoms with Crippen molar-refractivity contribution in [2.45, 2.75) is 0 Å². The molecule has 1 nitrogen and oxygen atoms in total. The molecule has 48 valence electrons. The van der Waals surface area contributed by atoms with Gasteiger partial charge in [0.05, 0.1) is 0 Å². The molecular weight excluding hydrogens is 138 g/mol. The lowest BCUT2D eigenvalue weighted by molar-refractivity contribution is 0.275. The minimum absolute atomic E-state index is 0.311. The molecule has 0 bridgehead atoms. The van der Waals surface area contributed by atoms with Gasteiger partial charge in [-0.05, 0) is 42.5 Å². The number of hydrogen-bond donors (Lipinski definition) is 0. The molecule has 0 amide bonds. The highest BCUT2D eigenvalue weighted by Gasteiger charge is 2.09. The average Bonchev–Trinajstić information content (AvgIpc) is 1.64. The van der Waals surface area contributed by atoms with Gasteiger partial charge in [-0.15, -0.1) is 0 Å². The van der Waals surface area contributed by atoms with E-state index >= 15 is 0 Å². The molecule has 0 aliphatic heterocycles. The van der Waals surface area contributed by atoms with Gasteiger partial charge in [-0.3, -0.25) is 4.79 Å². The summed E-state index contributed by atoms with van der Waals surface area (Å²) in [4.78, 5) is 10.9. The Bertz CT molecular complexity index is 78.4. The second kappa shape index (κ2) is 3.54. The highest BCUT2D eigenvalue weighted by Crippen LogP contribution is 2.44. The Morgan fingerprint density at radius 2 is 1.25 bits per heavy atom. The lowest BCUT2D eigenvalue weighted by Crippen LogP contribution is -1.84. The molecule has 0 fully saturated rings. The summed E-state index contributed by atoms with van der Waals surface area (Å²) in [6.45, 7) is 8.06. The van der Waals surface area contributed by atoms with E-state index in [4.69, 9.17) is 0 Å². The fourth-order valence-corrected chi connectivity index (χ4v) is 3.60. The van der Waals surface area contributed by atoms with Crippen LogP contribution in [-0.4, -0.2) is 31.9 Å². The van der Waals surface area contributed by atoms with Crippen LogP contribution in [0.25, 0.3) is 0 Å². The number of carbonyl (C=O) groups is 1. The Balaban J connectivity index is 3.65. The van der Waals surface area contributed by atoms with Crippen molar-refractivity contribution in [1.82, 2.24) is 0 Å². The molecule has 0 radical (unpaired) electrons. The molecule has 3 heteroatoms. The maximum atomic E-state index is 10.9. The highest BCUT2D eigenvalue weighted by molar-refractivity contribution is 7.99. The highest BCUT2D eigenvalue weighted by atomic mass is 31.2. The zero-order chi connectivity index (χ0) is 6.73. The van der Waals surface area contributed by atoms with Gasteiger partial charge in [-0.25, -0.2) is 0 Å². The van der Waals surface area contributed by atoms with Crippen LogP contribution in [0.2, 0.25) is 0 Å². The van der Waals surface area contributed by atoms with Crippen molar-refractivity contribution in [2.24, 2.45) is 0 Å². The summed E-state index contributed by atoms with van der Waals surface area (Å²) in [6.07, 6.45) is 0. The van der Waals surface area contributed by atoms with Crippen LogP contribution in [0, 0.1) is 0 Å². The van der Waals surface area contributed by atoms with E-state index in [1.807, 2.05) is 26.7 Å². The van der Waals surface area contributed by atoms with Crippen molar-refractivity contribution < 1.29 is 4.79 Å². The van der Waals surface area contributed by atoms with Gasteiger partial charge in [-0.1, -0.05) is 0 Å². The smallest absolute Gasteiger partial charge is 0.174 e. The van der Waals surface area contributed by atoms with Crippen molar-refractivity contribution in [1.29, 1.82) is 0 Å². The topological polar surface area (TPSA) is 17.1 Å².